The number of benzene rings is 3. The number of nitrogens with zero attached hydrogens (tertiary/aromatic N) is 2. The number of rotatable bonds is 7. The van der Waals surface area contributed by atoms with Crippen LogP contribution in [0.3, 0.4) is 0 Å². The lowest BCUT2D eigenvalue weighted by Gasteiger charge is -2.08. The normalized spacial score (nSPS) is 11.7. The Kier molecular flexibility index (Phi) is 6.03. The van der Waals surface area contributed by atoms with Gasteiger partial charge in [-0.1, -0.05) is 71.0 Å². The molecule has 0 spiro atoms. The topological polar surface area (TPSA) is 70.5 Å². The molecule has 2 N–H and O–H groups in total. The number of imidazole rings is 1. The Morgan fingerprint density at radius 3 is 2.66 bits per heavy atom. The van der Waals surface area contributed by atoms with Gasteiger partial charge in [-0.05, 0) is 35.9 Å². The summed E-state index contributed by atoms with van der Waals surface area (Å²) in [6, 6.07) is 22.7. The number of fused-ring (bicyclic) bond motifs is 1. The molecule has 29 heavy (non-hydrogen) atoms. The molecule has 0 unspecified atom stereocenters. The second kappa shape index (κ2) is 9.03. The van der Waals surface area contributed by atoms with Gasteiger partial charge in [0.1, 0.15) is 12.4 Å². The number of para-hydroxylation sites is 2. The summed E-state index contributed by atoms with van der Waals surface area (Å²) in [6.07, 6.45) is 0. The molecule has 0 radical (unpaired) electrons. The molecule has 0 saturated heterocycles. The summed E-state index contributed by atoms with van der Waals surface area (Å²) in [5.74, 6) is 0.556. The highest BCUT2D eigenvalue weighted by Gasteiger charge is 2.11. The van der Waals surface area contributed by atoms with Gasteiger partial charge in [0.15, 0.2) is 5.16 Å². The van der Waals surface area contributed by atoms with Crippen molar-refractivity contribution in [2.75, 3.05) is 5.75 Å². The first-order chi connectivity index (χ1) is 14.2. The van der Waals surface area contributed by atoms with E-state index in [1.807, 2.05) is 54.6 Å². The maximum absolute atomic E-state index is 9.72. The molecular weight excluding hydrogens is 406 g/mol. The molecule has 0 aliphatic carbocycles. The van der Waals surface area contributed by atoms with E-state index in [9.17, 15) is 5.11 Å². The number of aromatic nitrogens is 2. The zero-order valence-corrected chi connectivity index (χ0v) is 17.0. The fraction of sp³-hybridized carbons (Fsp3) is 0.0909. The number of hydrogen-bond donors (Lipinski definition) is 2. The average molecular weight is 424 g/mol. The Morgan fingerprint density at radius 2 is 1.86 bits per heavy atom. The molecule has 0 aliphatic rings. The summed E-state index contributed by atoms with van der Waals surface area (Å²) in [7, 11) is 0. The first kappa shape index (κ1) is 19.4. The number of nitrogens with one attached hydrogen (secondary N) is 1. The number of oxime groups is 1. The quantitative estimate of drug-likeness (QED) is 0.229. The maximum atomic E-state index is 9.72. The third-order valence-electron chi connectivity index (χ3n) is 4.24. The molecule has 4 aromatic rings. The Bertz CT molecular complexity index is 1110. The molecule has 0 saturated carbocycles. The minimum atomic E-state index is 0.0323. The number of hydrogen-bond acceptors (Lipinski definition) is 5. The molecule has 3 aromatic carbocycles. The SMILES string of the molecule is Oc1ccc(/C(CSc2nc3ccccc3[nH]2)=N\OCc2ccccc2)cc1Cl. The van der Waals surface area contributed by atoms with Gasteiger partial charge >= 0.3 is 0 Å². The van der Waals surface area contributed by atoms with E-state index >= 15 is 0 Å². The molecule has 0 aliphatic heterocycles. The van der Waals surface area contributed by atoms with Gasteiger partial charge in [-0.2, -0.15) is 0 Å². The molecule has 5 nitrogen and oxygen atoms in total. The van der Waals surface area contributed by atoms with Crippen molar-refractivity contribution in [3.05, 3.63) is 88.9 Å². The van der Waals surface area contributed by atoms with Crippen LogP contribution in [0.1, 0.15) is 11.1 Å². The van der Waals surface area contributed by atoms with E-state index in [-0.39, 0.29) is 10.8 Å². The zero-order chi connectivity index (χ0) is 20.1. The summed E-state index contributed by atoms with van der Waals surface area (Å²) < 4.78 is 0. The van der Waals surface area contributed by atoms with Crippen LogP contribution >= 0.6 is 23.4 Å². The van der Waals surface area contributed by atoms with Crippen LogP contribution in [0.25, 0.3) is 11.0 Å². The predicted molar refractivity (Wildman–Crippen MR) is 118 cm³/mol. The summed E-state index contributed by atoms with van der Waals surface area (Å²) in [5, 5.41) is 15.1. The van der Waals surface area contributed by atoms with Crippen LogP contribution in [0.15, 0.2) is 83.1 Å². The van der Waals surface area contributed by atoms with Gasteiger partial charge in [0.2, 0.25) is 0 Å². The van der Waals surface area contributed by atoms with E-state index in [0.29, 0.717) is 18.1 Å². The third kappa shape index (κ3) is 4.91. The third-order valence-corrected chi connectivity index (χ3v) is 5.43. The Labute approximate surface area is 177 Å². The predicted octanol–water partition coefficient (Wildman–Crippen LogP) is 5.64. The fourth-order valence-corrected chi connectivity index (χ4v) is 3.76. The van der Waals surface area contributed by atoms with E-state index < -0.39 is 0 Å². The number of H-pyrrole nitrogens is 1. The van der Waals surface area contributed by atoms with E-state index in [2.05, 4.69) is 15.1 Å². The number of aromatic hydroxyl groups is 1. The van der Waals surface area contributed by atoms with Gasteiger partial charge in [-0.15, -0.1) is 0 Å². The summed E-state index contributed by atoms with van der Waals surface area (Å²) in [6.45, 7) is 0.367. The van der Waals surface area contributed by atoms with Crippen molar-refractivity contribution < 1.29 is 9.94 Å². The summed E-state index contributed by atoms with van der Waals surface area (Å²) >= 11 is 7.61. The van der Waals surface area contributed by atoms with Crippen molar-refractivity contribution in [3.8, 4) is 5.75 Å². The van der Waals surface area contributed by atoms with Crippen molar-refractivity contribution in [3.63, 3.8) is 0 Å². The van der Waals surface area contributed by atoms with E-state index in [0.717, 1.165) is 27.3 Å². The molecule has 7 heteroatoms. The van der Waals surface area contributed by atoms with Gasteiger partial charge in [-0.25, -0.2) is 4.98 Å². The molecule has 0 fully saturated rings. The molecule has 146 valence electrons. The Hall–Kier alpha value is -2.96. The maximum Gasteiger partial charge on any atom is 0.166 e. The van der Waals surface area contributed by atoms with Gasteiger partial charge in [0.25, 0.3) is 0 Å². The summed E-state index contributed by atoms with van der Waals surface area (Å²) in [5.41, 5.74) is 4.42. The first-order valence-corrected chi connectivity index (χ1v) is 10.3. The second-order valence-corrected chi connectivity index (χ2v) is 7.68. The first-order valence-electron chi connectivity index (χ1n) is 8.98. The van der Waals surface area contributed by atoms with E-state index in [1.165, 1.54) is 11.8 Å². The van der Waals surface area contributed by atoms with Crippen molar-refractivity contribution >= 4 is 40.1 Å². The molecule has 4 rings (SSSR count). The number of phenols is 1. The van der Waals surface area contributed by atoms with Gasteiger partial charge in [-0.3, -0.25) is 0 Å². The molecule has 0 atom stereocenters. The highest BCUT2D eigenvalue weighted by atomic mass is 35.5. The van der Waals surface area contributed by atoms with Crippen LogP contribution in [-0.4, -0.2) is 26.5 Å². The number of halogens is 1. The highest BCUT2D eigenvalue weighted by Crippen LogP contribution is 2.26. The standard InChI is InChI=1S/C22H18ClN3O2S/c23-17-12-16(10-11-21(17)27)20(26-28-13-15-6-2-1-3-7-15)14-29-22-24-18-8-4-5-9-19(18)25-22/h1-12,27H,13-14H2,(H,24,25)/b26-20-. The van der Waals surface area contributed by atoms with Crippen LogP contribution in [-0.2, 0) is 11.4 Å². The number of thioether (sulfide) groups is 1. The average Bonchev–Trinajstić information content (AvgIpc) is 3.16. The van der Waals surface area contributed by atoms with Crippen molar-refractivity contribution in [2.45, 2.75) is 11.8 Å². The molecule has 1 aromatic heterocycles. The highest BCUT2D eigenvalue weighted by molar-refractivity contribution is 7.99. The van der Waals surface area contributed by atoms with Crippen molar-refractivity contribution in [2.24, 2.45) is 5.16 Å². The smallest absolute Gasteiger partial charge is 0.166 e. The van der Waals surface area contributed by atoms with Crippen molar-refractivity contribution in [1.82, 2.24) is 9.97 Å². The van der Waals surface area contributed by atoms with Gasteiger partial charge in [0, 0.05) is 11.3 Å². The van der Waals surface area contributed by atoms with Crippen LogP contribution in [0, 0.1) is 0 Å². The number of phenolic OH excluding ortho intramolecular Hbond substituents is 1. The molecule has 0 bridgehead atoms. The van der Waals surface area contributed by atoms with Crippen LogP contribution in [0.4, 0.5) is 0 Å². The minimum absolute atomic E-state index is 0.0323. The molecular formula is C22H18ClN3O2S. The van der Waals surface area contributed by atoms with Gasteiger partial charge in [0.05, 0.1) is 21.8 Å². The lowest BCUT2D eigenvalue weighted by atomic mass is 10.1. The fourth-order valence-electron chi connectivity index (χ4n) is 2.74. The summed E-state index contributed by atoms with van der Waals surface area (Å²) in [4.78, 5) is 13.5. The largest absolute Gasteiger partial charge is 0.506 e. The molecule has 1 heterocycles. The Morgan fingerprint density at radius 1 is 1.07 bits per heavy atom. The van der Waals surface area contributed by atoms with Crippen LogP contribution in [0.5, 0.6) is 5.75 Å². The lowest BCUT2D eigenvalue weighted by Crippen LogP contribution is -2.06. The van der Waals surface area contributed by atoms with Crippen LogP contribution < -0.4 is 0 Å². The molecule has 0 amide bonds. The van der Waals surface area contributed by atoms with E-state index in [1.54, 1.807) is 18.2 Å². The minimum Gasteiger partial charge on any atom is -0.506 e. The van der Waals surface area contributed by atoms with Crippen LogP contribution in [0.2, 0.25) is 5.02 Å². The zero-order valence-electron chi connectivity index (χ0n) is 15.4. The van der Waals surface area contributed by atoms with Gasteiger partial charge < -0.3 is 14.9 Å². The lowest BCUT2D eigenvalue weighted by molar-refractivity contribution is 0.130. The second-order valence-electron chi connectivity index (χ2n) is 6.31. The monoisotopic (exact) mass is 423 g/mol. The van der Waals surface area contributed by atoms with E-state index in [4.69, 9.17) is 16.4 Å². The Balaban J connectivity index is 1.53. The number of aromatic amines is 1. The van der Waals surface area contributed by atoms with Crippen molar-refractivity contribution in [1.29, 1.82) is 0 Å².